The summed E-state index contributed by atoms with van der Waals surface area (Å²) < 4.78 is 4.75. The molecule has 0 bridgehead atoms. The van der Waals surface area contributed by atoms with Crippen LogP contribution < -0.4 is 10.6 Å². The molecule has 2 N–H and O–H groups in total. The van der Waals surface area contributed by atoms with Gasteiger partial charge in [-0.2, -0.15) is 0 Å². The van der Waals surface area contributed by atoms with Gasteiger partial charge in [0.2, 0.25) is 0 Å². The lowest BCUT2D eigenvalue weighted by molar-refractivity contribution is 0.0602. The molecule has 106 valence electrons. The summed E-state index contributed by atoms with van der Waals surface area (Å²) in [4.78, 5) is 13.9. The van der Waals surface area contributed by atoms with Gasteiger partial charge in [0.1, 0.15) is 0 Å². The number of methoxy groups -OCH3 is 1. The van der Waals surface area contributed by atoms with E-state index in [1.54, 1.807) is 6.07 Å². The predicted molar refractivity (Wildman–Crippen MR) is 79.5 cm³/mol. The lowest BCUT2D eigenvalue weighted by atomic mass is 10.1. The maximum atomic E-state index is 11.7. The van der Waals surface area contributed by atoms with Crippen molar-refractivity contribution in [3.63, 3.8) is 0 Å². The van der Waals surface area contributed by atoms with E-state index in [9.17, 15) is 4.79 Å². The van der Waals surface area contributed by atoms with Crippen molar-refractivity contribution in [3.05, 3.63) is 23.8 Å². The van der Waals surface area contributed by atoms with E-state index < -0.39 is 0 Å². The van der Waals surface area contributed by atoms with Crippen LogP contribution in [0.2, 0.25) is 0 Å². The molecule has 1 unspecified atom stereocenters. The number of rotatable bonds is 6. The molecule has 0 spiro atoms. The van der Waals surface area contributed by atoms with E-state index in [0.29, 0.717) is 17.2 Å². The summed E-state index contributed by atoms with van der Waals surface area (Å²) in [5.74, 6) is 0.220. The van der Waals surface area contributed by atoms with Gasteiger partial charge in [0.15, 0.2) is 0 Å². The van der Waals surface area contributed by atoms with Crippen LogP contribution in [0.3, 0.4) is 0 Å². The van der Waals surface area contributed by atoms with Crippen molar-refractivity contribution in [1.29, 1.82) is 0 Å². The highest BCUT2D eigenvalue weighted by Crippen LogP contribution is 2.23. The van der Waals surface area contributed by atoms with Crippen LogP contribution >= 0.6 is 0 Å². The number of anilines is 2. The SMILES string of the molecule is CCC(C)CN(CC)c1ccc(N)c(C(=O)OC)c1. The van der Waals surface area contributed by atoms with E-state index in [1.165, 1.54) is 7.11 Å². The molecule has 0 fully saturated rings. The third-order valence-corrected chi connectivity index (χ3v) is 3.42. The average Bonchev–Trinajstić information content (AvgIpc) is 2.44. The van der Waals surface area contributed by atoms with E-state index in [4.69, 9.17) is 10.5 Å². The fourth-order valence-corrected chi connectivity index (χ4v) is 1.95. The number of nitrogen functional groups attached to an aromatic ring is 1. The number of hydrogen-bond donors (Lipinski definition) is 1. The molecule has 1 aromatic carbocycles. The Labute approximate surface area is 115 Å². The molecule has 0 radical (unpaired) electrons. The molecule has 4 nitrogen and oxygen atoms in total. The first kappa shape index (κ1) is 15.3. The van der Waals surface area contributed by atoms with Crippen molar-refractivity contribution in [3.8, 4) is 0 Å². The maximum Gasteiger partial charge on any atom is 0.340 e. The Kier molecular flexibility index (Phi) is 5.67. The number of carbonyl (C=O) groups excluding carboxylic acids is 1. The van der Waals surface area contributed by atoms with Crippen LogP contribution in [0.5, 0.6) is 0 Å². The fourth-order valence-electron chi connectivity index (χ4n) is 1.95. The lowest BCUT2D eigenvalue weighted by Gasteiger charge is -2.26. The minimum atomic E-state index is -0.390. The van der Waals surface area contributed by atoms with E-state index in [1.807, 2.05) is 12.1 Å². The van der Waals surface area contributed by atoms with E-state index in [2.05, 4.69) is 25.7 Å². The summed E-state index contributed by atoms with van der Waals surface area (Å²) in [7, 11) is 1.37. The molecule has 1 aromatic rings. The molecule has 0 amide bonds. The van der Waals surface area contributed by atoms with Crippen molar-refractivity contribution >= 4 is 17.3 Å². The van der Waals surface area contributed by atoms with Gasteiger partial charge in [-0.15, -0.1) is 0 Å². The minimum Gasteiger partial charge on any atom is -0.465 e. The first-order valence-electron chi connectivity index (χ1n) is 6.76. The van der Waals surface area contributed by atoms with Gasteiger partial charge in [-0.05, 0) is 31.0 Å². The van der Waals surface area contributed by atoms with Crippen molar-refractivity contribution in [2.24, 2.45) is 5.92 Å². The lowest BCUT2D eigenvalue weighted by Crippen LogP contribution is -2.28. The van der Waals surface area contributed by atoms with Crippen LogP contribution in [-0.4, -0.2) is 26.2 Å². The summed E-state index contributed by atoms with van der Waals surface area (Å²) >= 11 is 0. The second kappa shape index (κ2) is 7.02. The van der Waals surface area contributed by atoms with Gasteiger partial charge in [0.25, 0.3) is 0 Å². The third kappa shape index (κ3) is 3.88. The number of esters is 1. The van der Waals surface area contributed by atoms with Gasteiger partial charge in [-0.25, -0.2) is 4.79 Å². The predicted octanol–water partition coefficient (Wildman–Crippen LogP) is 2.93. The topological polar surface area (TPSA) is 55.6 Å². The molecular weight excluding hydrogens is 240 g/mol. The second-order valence-electron chi connectivity index (χ2n) is 4.82. The summed E-state index contributed by atoms with van der Waals surface area (Å²) in [6.07, 6.45) is 1.13. The van der Waals surface area contributed by atoms with Gasteiger partial charge in [-0.1, -0.05) is 20.3 Å². The van der Waals surface area contributed by atoms with Crippen molar-refractivity contribution in [2.45, 2.75) is 27.2 Å². The van der Waals surface area contributed by atoms with Crippen LogP contribution in [0.4, 0.5) is 11.4 Å². The first-order valence-corrected chi connectivity index (χ1v) is 6.76. The van der Waals surface area contributed by atoms with E-state index in [-0.39, 0.29) is 5.97 Å². The van der Waals surface area contributed by atoms with Crippen LogP contribution in [-0.2, 0) is 4.74 Å². The van der Waals surface area contributed by atoms with E-state index in [0.717, 1.165) is 25.2 Å². The zero-order chi connectivity index (χ0) is 14.4. The maximum absolute atomic E-state index is 11.7. The average molecular weight is 264 g/mol. The standard InChI is InChI=1S/C15H24N2O2/c1-5-11(3)10-17(6-2)12-7-8-14(16)13(9-12)15(18)19-4/h7-9,11H,5-6,10,16H2,1-4H3. The first-order chi connectivity index (χ1) is 9.03. The molecule has 0 saturated carbocycles. The van der Waals surface area contributed by atoms with E-state index >= 15 is 0 Å². The largest absolute Gasteiger partial charge is 0.465 e. The molecule has 0 aliphatic carbocycles. The summed E-state index contributed by atoms with van der Waals surface area (Å²) in [6.45, 7) is 8.38. The molecule has 0 saturated heterocycles. The Balaban J connectivity index is 3.01. The zero-order valence-electron chi connectivity index (χ0n) is 12.3. The minimum absolute atomic E-state index is 0.390. The molecule has 4 heteroatoms. The van der Waals surface area contributed by atoms with Crippen LogP contribution in [0.15, 0.2) is 18.2 Å². The monoisotopic (exact) mass is 264 g/mol. The molecule has 1 atom stereocenters. The molecule has 1 rings (SSSR count). The van der Waals surface area contributed by atoms with Gasteiger partial charge < -0.3 is 15.4 Å². The number of nitrogens with two attached hydrogens (primary N) is 1. The van der Waals surface area contributed by atoms with Gasteiger partial charge in [0.05, 0.1) is 12.7 Å². The Morgan fingerprint density at radius 2 is 2.11 bits per heavy atom. The van der Waals surface area contributed by atoms with Crippen LogP contribution in [0.1, 0.15) is 37.6 Å². The summed E-state index contributed by atoms with van der Waals surface area (Å²) in [5, 5.41) is 0. The Morgan fingerprint density at radius 3 is 2.63 bits per heavy atom. The fraction of sp³-hybridized carbons (Fsp3) is 0.533. The molecular formula is C15H24N2O2. The van der Waals surface area contributed by atoms with Crippen molar-refractivity contribution in [1.82, 2.24) is 0 Å². The molecule has 0 aromatic heterocycles. The molecule has 19 heavy (non-hydrogen) atoms. The summed E-state index contributed by atoms with van der Waals surface area (Å²) in [5.41, 5.74) is 7.71. The highest BCUT2D eigenvalue weighted by atomic mass is 16.5. The zero-order valence-corrected chi connectivity index (χ0v) is 12.3. The Morgan fingerprint density at radius 1 is 1.42 bits per heavy atom. The van der Waals surface area contributed by atoms with Gasteiger partial charge in [0, 0.05) is 24.5 Å². The Hall–Kier alpha value is -1.71. The quantitative estimate of drug-likeness (QED) is 0.634. The molecule has 0 aliphatic heterocycles. The van der Waals surface area contributed by atoms with Crippen molar-refractivity contribution in [2.75, 3.05) is 30.8 Å². The highest BCUT2D eigenvalue weighted by molar-refractivity contribution is 5.96. The third-order valence-electron chi connectivity index (χ3n) is 3.42. The van der Waals surface area contributed by atoms with Crippen LogP contribution in [0.25, 0.3) is 0 Å². The van der Waals surface area contributed by atoms with Crippen LogP contribution in [0, 0.1) is 5.92 Å². The van der Waals surface area contributed by atoms with Gasteiger partial charge >= 0.3 is 5.97 Å². The molecule has 0 aliphatic rings. The van der Waals surface area contributed by atoms with Crippen molar-refractivity contribution < 1.29 is 9.53 Å². The van der Waals surface area contributed by atoms with Gasteiger partial charge in [-0.3, -0.25) is 0 Å². The molecule has 0 heterocycles. The number of ether oxygens (including phenoxy) is 1. The smallest absolute Gasteiger partial charge is 0.340 e. The summed E-state index contributed by atoms with van der Waals surface area (Å²) in [6, 6.07) is 5.53. The highest BCUT2D eigenvalue weighted by Gasteiger charge is 2.14. The number of benzene rings is 1. The second-order valence-corrected chi connectivity index (χ2v) is 4.82. The number of carbonyl (C=O) groups is 1. The normalized spacial score (nSPS) is 12.0. The number of nitrogens with zero attached hydrogens (tertiary/aromatic N) is 1. The number of hydrogen-bond acceptors (Lipinski definition) is 4. The Bertz CT molecular complexity index is 432.